The second kappa shape index (κ2) is 11.8. The van der Waals surface area contributed by atoms with Gasteiger partial charge in [-0.1, -0.05) is 31.2 Å². The summed E-state index contributed by atoms with van der Waals surface area (Å²) in [6, 6.07) is 8.29. The fourth-order valence-corrected chi connectivity index (χ4v) is 3.68. The molecule has 0 aliphatic heterocycles. The number of hydrogen-bond donors (Lipinski definition) is 0. The van der Waals surface area contributed by atoms with Gasteiger partial charge in [0.25, 0.3) is 5.92 Å². The Labute approximate surface area is 216 Å². The van der Waals surface area contributed by atoms with E-state index in [1.165, 1.54) is 26.3 Å². The van der Waals surface area contributed by atoms with Gasteiger partial charge in [-0.05, 0) is 51.7 Å². The minimum absolute atomic E-state index is 0.0998. The summed E-state index contributed by atoms with van der Waals surface area (Å²) in [5.74, 6) is -5.18. The molecule has 37 heavy (non-hydrogen) atoms. The normalized spacial score (nSPS) is 14.4. The SMILES string of the molecule is COC(=O)[C@@H](C)Cc1cccc(C(C)(CCC(F)(F)COc2ccn(C(C)=O)n2)C(=O)OC(C)(C)C)c1. The fourth-order valence-electron chi connectivity index (χ4n) is 3.68. The zero-order valence-corrected chi connectivity index (χ0v) is 22.5. The molecule has 2 aromatic rings. The number of carbonyl (C=O) groups excluding carboxylic acids is 3. The van der Waals surface area contributed by atoms with Gasteiger partial charge in [0.1, 0.15) is 5.60 Å². The topological polar surface area (TPSA) is 96.7 Å². The number of halogens is 2. The first kappa shape index (κ1) is 29.9. The Balaban J connectivity index is 2.25. The van der Waals surface area contributed by atoms with E-state index in [9.17, 15) is 23.2 Å². The summed E-state index contributed by atoms with van der Waals surface area (Å²) in [6.07, 6.45) is 0.792. The first-order valence-corrected chi connectivity index (χ1v) is 12.0. The summed E-state index contributed by atoms with van der Waals surface area (Å²) in [5.41, 5.74) is -0.942. The van der Waals surface area contributed by atoms with Crippen molar-refractivity contribution in [3.05, 3.63) is 47.7 Å². The molecule has 0 saturated heterocycles. The maximum absolute atomic E-state index is 14.9. The highest BCUT2D eigenvalue weighted by atomic mass is 19.3. The highest BCUT2D eigenvalue weighted by molar-refractivity contribution is 5.83. The third-order valence-corrected chi connectivity index (χ3v) is 5.87. The Morgan fingerprint density at radius 2 is 1.76 bits per heavy atom. The summed E-state index contributed by atoms with van der Waals surface area (Å²) >= 11 is 0. The molecule has 1 aromatic heterocycles. The number of aromatic nitrogens is 2. The number of ether oxygens (including phenoxy) is 3. The number of rotatable bonds is 11. The van der Waals surface area contributed by atoms with Crippen LogP contribution in [0.25, 0.3) is 0 Å². The molecule has 0 fully saturated rings. The van der Waals surface area contributed by atoms with E-state index in [0.717, 1.165) is 10.2 Å². The van der Waals surface area contributed by atoms with Crippen LogP contribution in [0.1, 0.15) is 70.3 Å². The highest BCUT2D eigenvalue weighted by Crippen LogP contribution is 2.36. The maximum atomic E-state index is 14.9. The molecule has 0 radical (unpaired) electrons. The lowest BCUT2D eigenvalue weighted by molar-refractivity contribution is -0.162. The van der Waals surface area contributed by atoms with Gasteiger partial charge >= 0.3 is 11.9 Å². The van der Waals surface area contributed by atoms with Crippen LogP contribution in [-0.2, 0) is 30.9 Å². The van der Waals surface area contributed by atoms with E-state index in [2.05, 4.69) is 5.10 Å². The molecule has 2 atom stereocenters. The summed E-state index contributed by atoms with van der Waals surface area (Å²) in [5, 5.41) is 3.79. The van der Waals surface area contributed by atoms with Gasteiger partial charge in [-0.15, -0.1) is 5.10 Å². The summed E-state index contributed by atoms with van der Waals surface area (Å²) in [4.78, 5) is 36.5. The van der Waals surface area contributed by atoms with Gasteiger partial charge in [0.05, 0.1) is 18.4 Å². The lowest BCUT2D eigenvalue weighted by atomic mass is 9.76. The first-order chi connectivity index (χ1) is 17.1. The maximum Gasteiger partial charge on any atom is 0.316 e. The number of methoxy groups -OCH3 is 1. The monoisotopic (exact) mass is 522 g/mol. The molecule has 10 heteroatoms. The molecule has 0 bridgehead atoms. The van der Waals surface area contributed by atoms with E-state index < -0.39 is 41.9 Å². The zero-order valence-electron chi connectivity index (χ0n) is 22.5. The van der Waals surface area contributed by atoms with Crippen LogP contribution in [0.2, 0.25) is 0 Å². The van der Waals surface area contributed by atoms with Crippen LogP contribution in [0.5, 0.6) is 5.88 Å². The number of benzene rings is 1. The number of carbonyl (C=O) groups is 3. The largest absolute Gasteiger partial charge is 0.470 e. The van der Waals surface area contributed by atoms with Crippen molar-refractivity contribution < 1.29 is 37.4 Å². The molecular formula is C27H36F2N2O6. The average Bonchev–Trinajstić information content (AvgIpc) is 3.29. The van der Waals surface area contributed by atoms with Crippen molar-refractivity contribution in [2.45, 2.75) is 77.7 Å². The van der Waals surface area contributed by atoms with Crippen molar-refractivity contribution >= 4 is 17.8 Å². The lowest BCUT2D eigenvalue weighted by Crippen LogP contribution is -2.41. The number of alkyl halides is 2. The molecule has 204 valence electrons. The van der Waals surface area contributed by atoms with Crippen LogP contribution < -0.4 is 4.74 Å². The van der Waals surface area contributed by atoms with Gasteiger partial charge in [0.2, 0.25) is 11.8 Å². The van der Waals surface area contributed by atoms with E-state index in [1.807, 2.05) is 0 Å². The standard InChI is InChI=1S/C27H36F2N2O6/c1-18(23(33)35-7)15-20-9-8-10-21(16-20)26(6,24(34)37-25(3,4)5)12-13-27(28,29)17-36-22-11-14-31(30-22)19(2)32/h8-11,14,16,18H,12-13,15,17H2,1-7H3/t18-,26?/m0/s1. The fraction of sp³-hybridized carbons (Fsp3) is 0.556. The molecule has 0 aliphatic rings. The summed E-state index contributed by atoms with van der Waals surface area (Å²) in [6.45, 7) is 8.76. The van der Waals surface area contributed by atoms with Crippen molar-refractivity contribution in [1.29, 1.82) is 0 Å². The van der Waals surface area contributed by atoms with Gasteiger partial charge in [-0.2, -0.15) is 0 Å². The van der Waals surface area contributed by atoms with E-state index in [-0.39, 0.29) is 24.2 Å². The van der Waals surface area contributed by atoms with Gasteiger partial charge in [-0.3, -0.25) is 14.4 Å². The molecule has 0 spiro atoms. The van der Waals surface area contributed by atoms with Crippen molar-refractivity contribution in [2.24, 2.45) is 5.92 Å². The minimum Gasteiger partial charge on any atom is -0.470 e. The molecule has 0 amide bonds. The Hall–Kier alpha value is -3.30. The Kier molecular flexibility index (Phi) is 9.57. The van der Waals surface area contributed by atoms with E-state index in [4.69, 9.17) is 14.2 Å². The molecule has 8 nitrogen and oxygen atoms in total. The van der Waals surface area contributed by atoms with Crippen LogP contribution in [0, 0.1) is 5.92 Å². The van der Waals surface area contributed by atoms with Gasteiger partial charge in [0.15, 0.2) is 6.61 Å². The predicted octanol–water partition coefficient (Wildman–Crippen LogP) is 4.99. The predicted molar refractivity (Wildman–Crippen MR) is 133 cm³/mol. The third-order valence-electron chi connectivity index (χ3n) is 5.87. The summed E-state index contributed by atoms with van der Waals surface area (Å²) in [7, 11) is 1.31. The second-order valence-electron chi connectivity index (χ2n) is 10.4. The zero-order chi connectivity index (χ0) is 28.0. The number of esters is 2. The Morgan fingerprint density at radius 3 is 2.32 bits per heavy atom. The molecule has 0 aliphatic carbocycles. The summed E-state index contributed by atoms with van der Waals surface area (Å²) < 4.78 is 46.3. The molecule has 2 rings (SSSR count). The smallest absolute Gasteiger partial charge is 0.316 e. The third kappa shape index (κ3) is 8.65. The molecule has 0 N–H and O–H groups in total. The molecule has 0 saturated carbocycles. The quantitative estimate of drug-likeness (QED) is 0.384. The van der Waals surface area contributed by atoms with Crippen molar-refractivity contribution in [1.82, 2.24) is 9.78 Å². The van der Waals surface area contributed by atoms with E-state index in [1.54, 1.807) is 58.9 Å². The Bertz CT molecular complexity index is 1110. The van der Waals surface area contributed by atoms with Crippen LogP contribution in [-0.4, -0.2) is 52.9 Å². The van der Waals surface area contributed by atoms with Crippen LogP contribution in [0.4, 0.5) is 8.78 Å². The minimum atomic E-state index is -3.29. The van der Waals surface area contributed by atoms with E-state index >= 15 is 0 Å². The molecule has 1 unspecified atom stereocenters. The number of hydrogen-bond acceptors (Lipinski definition) is 7. The van der Waals surface area contributed by atoms with Crippen molar-refractivity contribution in [3.63, 3.8) is 0 Å². The van der Waals surface area contributed by atoms with Crippen molar-refractivity contribution in [2.75, 3.05) is 13.7 Å². The molecule has 1 heterocycles. The Morgan fingerprint density at radius 1 is 1.08 bits per heavy atom. The van der Waals surface area contributed by atoms with Crippen LogP contribution in [0.3, 0.4) is 0 Å². The van der Waals surface area contributed by atoms with Crippen LogP contribution in [0.15, 0.2) is 36.5 Å². The van der Waals surface area contributed by atoms with E-state index in [0.29, 0.717) is 12.0 Å². The van der Waals surface area contributed by atoms with Gasteiger partial charge in [-0.25, -0.2) is 13.5 Å². The average molecular weight is 523 g/mol. The van der Waals surface area contributed by atoms with Gasteiger partial charge in [0, 0.05) is 25.6 Å². The van der Waals surface area contributed by atoms with Gasteiger partial charge < -0.3 is 14.2 Å². The molecular weight excluding hydrogens is 486 g/mol. The van der Waals surface area contributed by atoms with Crippen molar-refractivity contribution in [3.8, 4) is 5.88 Å². The first-order valence-electron chi connectivity index (χ1n) is 12.0. The van der Waals surface area contributed by atoms with Crippen LogP contribution >= 0.6 is 0 Å². The highest BCUT2D eigenvalue weighted by Gasteiger charge is 2.42. The second-order valence-corrected chi connectivity index (χ2v) is 10.4. The number of nitrogens with zero attached hydrogens (tertiary/aromatic N) is 2. The lowest BCUT2D eigenvalue weighted by Gasteiger charge is -2.33. The molecule has 1 aromatic carbocycles.